The molecule has 0 atom stereocenters. The van der Waals surface area contributed by atoms with Gasteiger partial charge in [0, 0.05) is 10.7 Å². The fraction of sp³-hybridized carbons (Fsp3) is 0.222. The largest absolute Gasteiger partial charge is 0.455 e. The van der Waals surface area contributed by atoms with Gasteiger partial charge in [-0.25, -0.2) is 4.39 Å². The summed E-state index contributed by atoms with van der Waals surface area (Å²) in [6, 6.07) is 12.5. The number of benzene rings is 2. The zero-order chi connectivity index (χ0) is 17.2. The van der Waals surface area contributed by atoms with E-state index in [9.17, 15) is 14.0 Å². The Bertz CT molecular complexity index is 772. The van der Waals surface area contributed by atoms with Gasteiger partial charge in [0.25, 0.3) is 5.91 Å². The highest BCUT2D eigenvalue weighted by molar-refractivity contribution is 6.30. The van der Waals surface area contributed by atoms with Crippen LogP contribution in [0, 0.1) is 5.82 Å². The highest BCUT2D eigenvalue weighted by Crippen LogP contribution is 2.49. The maximum absolute atomic E-state index is 13.1. The number of anilines is 1. The van der Waals surface area contributed by atoms with E-state index in [4.69, 9.17) is 16.3 Å². The van der Waals surface area contributed by atoms with E-state index in [2.05, 4.69) is 5.32 Å². The molecule has 4 nitrogen and oxygen atoms in total. The van der Waals surface area contributed by atoms with Gasteiger partial charge in [0.15, 0.2) is 6.61 Å². The van der Waals surface area contributed by atoms with Crippen LogP contribution in [0.4, 0.5) is 10.1 Å². The number of hydrogen-bond donors (Lipinski definition) is 1. The minimum atomic E-state index is -0.677. The maximum atomic E-state index is 13.1. The molecule has 1 N–H and O–H groups in total. The molecular formula is C18H15ClFNO3. The van der Waals surface area contributed by atoms with Crippen molar-refractivity contribution in [3.63, 3.8) is 0 Å². The van der Waals surface area contributed by atoms with Gasteiger partial charge in [-0.15, -0.1) is 0 Å². The molecule has 2 aromatic rings. The molecule has 3 rings (SSSR count). The average Bonchev–Trinajstić information content (AvgIpc) is 3.35. The molecule has 0 aromatic heterocycles. The van der Waals surface area contributed by atoms with Gasteiger partial charge in [-0.05, 0) is 48.7 Å². The molecule has 124 valence electrons. The van der Waals surface area contributed by atoms with Crippen LogP contribution in [0.25, 0.3) is 0 Å². The Hall–Kier alpha value is -2.40. The Labute approximate surface area is 143 Å². The number of rotatable bonds is 5. The molecule has 0 bridgehead atoms. The number of nitrogens with one attached hydrogen (secondary N) is 1. The zero-order valence-corrected chi connectivity index (χ0v) is 13.5. The van der Waals surface area contributed by atoms with Gasteiger partial charge in [0.1, 0.15) is 5.82 Å². The van der Waals surface area contributed by atoms with Gasteiger partial charge in [0.05, 0.1) is 5.41 Å². The number of hydrogen-bond acceptors (Lipinski definition) is 3. The number of carbonyl (C=O) groups is 2. The maximum Gasteiger partial charge on any atom is 0.317 e. The van der Waals surface area contributed by atoms with Gasteiger partial charge in [0.2, 0.25) is 0 Å². The van der Waals surface area contributed by atoms with Crippen LogP contribution < -0.4 is 5.32 Å². The molecule has 2 aromatic carbocycles. The van der Waals surface area contributed by atoms with Gasteiger partial charge >= 0.3 is 5.97 Å². The first kappa shape index (κ1) is 16.5. The first-order chi connectivity index (χ1) is 11.5. The summed E-state index contributed by atoms with van der Waals surface area (Å²) in [5, 5.41) is 3.08. The monoisotopic (exact) mass is 347 g/mol. The number of esters is 1. The minimum absolute atomic E-state index is 0.315. The summed E-state index contributed by atoms with van der Waals surface area (Å²) in [5.74, 6) is -1.40. The van der Waals surface area contributed by atoms with Crippen molar-refractivity contribution < 1.29 is 18.7 Å². The van der Waals surface area contributed by atoms with Crippen molar-refractivity contribution in [3.8, 4) is 0 Å². The fourth-order valence-corrected chi connectivity index (χ4v) is 2.66. The zero-order valence-electron chi connectivity index (χ0n) is 12.7. The second-order valence-corrected chi connectivity index (χ2v) is 6.16. The standard InChI is InChI=1S/C18H15ClFNO3/c19-13-6-4-12(5-7-13)18(8-9-18)17(23)24-11-16(22)21-15-3-1-2-14(20)10-15/h1-7,10H,8-9,11H2,(H,21,22). The number of amides is 1. The Morgan fingerprint density at radius 1 is 1.17 bits per heavy atom. The van der Waals surface area contributed by atoms with Crippen LogP contribution in [0.3, 0.4) is 0 Å². The second kappa shape index (κ2) is 6.61. The lowest BCUT2D eigenvalue weighted by Crippen LogP contribution is -2.28. The van der Waals surface area contributed by atoms with Crippen LogP contribution in [-0.4, -0.2) is 18.5 Å². The molecule has 1 fully saturated rings. The fourth-order valence-electron chi connectivity index (χ4n) is 2.54. The van der Waals surface area contributed by atoms with Crippen LogP contribution >= 0.6 is 11.6 Å². The lowest BCUT2D eigenvalue weighted by atomic mass is 9.96. The van der Waals surface area contributed by atoms with E-state index in [1.165, 1.54) is 18.2 Å². The van der Waals surface area contributed by atoms with Crippen molar-refractivity contribution in [2.75, 3.05) is 11.9 Å². The summed E-state index contributed by atoms with van der Waals surface area (Å²) in [6.07, 6.45) is 1.36. The molecule has 1 amide bonds. The van der Waals surface area contributed by atoms with E-state index >= 15 is 0 Å². The van der Waals surface area contributed by atoms with Crippen LogP contribution in [0.1, 0.15) is 18.4 Å². The third-order valence-corrected chi connectivity index (χ3v) is 4.23. The molecule has 1 aliphatic carbocycles. The quantitative estimate of drug-likeness (QED) is 0.839. The van der Waals surface area contributed by atoms with E-state index in [1.807, 2.05) is 0 Å². The molecule has 24 heavy (non-hydrogen) atoms. The number of carbonyl (C=O) groups excluding carboxylic acids is 2. The topological polar surface area (TPSA) is 55.4 Å². The van der Waals surface area contributed by atoms with Crippen LogP contribution in [0.5, 0.6) is 0 Å². The molecular weight excluding hydrogens is 333 g/mol. The third kappa shape index (κ3) is 3.57. The molecule has 0 spiro atoms. The highest BCUT2D eigenvalue weighted by atomic mass is 35.5. The first-order valence-electron chi connectivity index (χ1n) is 7.48. The molecule has 1 aliphatic rings. The Kier molecular flexibility index (Phi) is 4.53. The highest BCUT2D eigenvalue weighted by Gasteiger charge is 2.52. The summed E-state index contributed by atoms with van der Waals surface area (Å²) in [4.78, 5) is 24.2. The number of halogens is 2. The molecule has 0 unspecified atom stereocenters. The smallest absolute Gasteiger partial charge is 0.317 e. The molecule has 0 radical (unpaired) electrons. The van der Waals surface area contributed by atoms with Crippen molar-refractivity contribution >= 4 is 29.2 Å². The number of ether oxygens (including phenoxy) is 1. The van der Waals surface area contributed by atoms with E-state index in [0.717, 1.165) is 5.56 Å². The van der Waals surface area contributed by atoms with Crippen LogP contribution in [0.2, 0.25) is 5.02 Å². The predicted molar refractivity (Wildman–Crippen MR) is 88.4 cm³/mol. The second-order valence-electron chi connectivity index (χ2n) is 5.72. The van der Waals surface area contributed by atoms with Gasteiger partial charge in [-0.1, -0.05) is 29.8 Å². The molecule has 1 saturated carbocycles. The Balaban J connectivity index is 1.57. The van der Waals surface area contributed by atoms with Crippen LogP contribution in [0.15, 0.2) is 48.5 Å². The van der Waals surface area contributed by atoms with E-state index in [-0.39, 0.29) is 0 Å². The predicted octanol–water partition coefficient (Wildman–Crippen LogP) is 3.69. The Morgan fingerprint density at radius 2 is 1.88 bits per heavy atom. The SMILES string of the molecule is O=C(COC(=O)C1(c2ccc(Cl)cc2)CC1)Nc1cccc(F)c1. The van der Waals surface area contributed by atoms with Crippen molar-refractivity contribution in [1.29, 1.82) is 0 Å². The van der Waals surface area contributed by atoms with Crippen molar-refractivity contribution in [2.24, 2.45) is 0 Å². The Morgan fingerprint density at radius 3 is 2.50 bits per heavy atom. The summed E-state index contributed by atoms with van der Waals surface area (Å²) in [5.41, 5.74) is 0.473. The normalized spacial score (nSPS) is 14.8. The summed E-state index contributed by atoms with van der Waals surface area (Å²) in [6.45, 7) is -0.412. The van der Waals surface area contributed by atoms with Crippen LogP contribution in [-0.2, 0) is 19.7 Å². The van der Waals surface area contributed by atoms with E-state index < -0.39 is 29.7 Å². The molecule has 0 saturated heterocycles. The average molecular weight is 348 g/mol. The van der Waals surface area contributed by atoms with Gasteiger partial charge in [-0.2, -0.15) is 0 Å². The van der Waals surface area contributed by atoms with Crippen molar-refractivity contribution in [1.82, 2.24) is 0 Å². The van der Waals surface area contributed by atoms with E-state index in [0.29, 0.717) is 23.6 Å². The lowest BCUT2D eigenvalue weighted by molar-refractivity contribution is -0.150. The lowest BCUT2D eigenvalue weighted by Gasteiger charge is -2.15. The van der Waals surface area contributed by atoms with Crippen molar-refractivity contribution in [2.45, 2.75) is 18.3 Å². The minimum Gasteiger partial charge on any atom is -0.455 e. The molecule has 0 heterocycles. The third-order valence-electron chi connectivity index (χ3n) is 3.98. The van der Waals surface area contributed by atoms with Crippen molar-refractivity contribution in [3.05, 3.63) is 64.9 Å². The summed E-state index contributed by atoms with van der Waals surface area (Å²) < 4.78 is 18.2. The first-order valence-corrected chi connectivity index (χ1v) is 7.86. The van der Waals surface area contributed by atoms with Gasteiger partial charge < -0.3 is 10.1 Å². The molecule has 0 aliphatic heterocycles. The van der Waals surface area contributed by atoms with Gasteiger partial charge in [-0.3, -0.25) is 9.59 Å². The summed E-state index contributed by atoms with van der Waals surface area (Å²) in [7, 11) is 0. The summed E-state index contributed by atoms with van der Waals surface area (Å²) >= 11 is 5.86. The molecule has 6 heteroatoms. The van der Waals surface area contributed by atoms with E-state index in [1.54, 1.807) is 30.3 Å².